The van der Waals surface area contributed by atoms with Crippen molar-refractivity contribution in [2.45, 2.75) is 13.5 Å². The Labute approximate surface area is 137 Å². The van der Waals surface area contributed by atoms with Crippen LogP contribution in [0.2, 0.25) is 0 Å². The fraction of sp³-hybridized carbons (Fsp3) is 0.176. The number of methoxy groups -OCH3 is 1. The van der Waals surface area contributed by atoms with Crippen LogP contribution < -0.4 is 10.1 Å². The largest absolute Gasteiger partial charge is 0.465 e. The van der Waals surface area contributed by atoms with Gasteiger partial charge in [0.2, 0.25) is 0 Å². The number of benzene rings is 2. The number of esters is 1. The van der Waals surface area contributed by atoms with Crippen molar-refractivity contribution in [2.75, 3.05) is 12.4 Å². The van der Waals surface area contributed by atoms with Gasteiger partial charge in [-0.3, -0.25) is 4.79 Å². The number of amides is 1. The summed E-state index contributed by atoms with van der Waals surface area (Å²) in [4.78, 5) is 24.0. The molecule has 0 atom stereocenters. The summed E-state index contributed by atoms with van der Waals surface area (Å²) in [6.07, 6.45) is 0. The van der Waals surface area contributed by atoms with Crippen LogP contribution in [0.25, 0.3) is 0 Å². The van der Waals surface area contributed by atoms with Crippen LogP contribution in [0.3, 0.4) is 0 Å². The first kappa shape index (κ1) is 17.4. The van der Waals surface area contributed by atoms with Crippen molar-refractivity contribution in [3.8, 4) is 5.75 Å². The minimum Gasteiger partial charge on any atom is -0.465 e. The molecule has 0 bridgehead atoms. The number of rotatable bonds is 5. The number of ether oxygens (including phenoxy) is 2. The molecule has 24 heavy (non-hydrogen) atoms. The first-order chi connectivity index (χ1) is 11.4. The lowest BCUT2D eigenvalue weighted by Gasteiger charge is -2.12. The zero-order valence-electron chi connectivity index (χ0n) is 13.0. The van der Waals surface area contributed by atoms with Crippen LogP contribution in [0.5, 0.6) is 5.75 Å². The fourth-order valence-electron chi connectivity index (χ4n) is 2.11. The van der Waals surface area contributed by atoms with Crippen LogP contribution in [0.15, 0.2) is 42.5 Å². The summed E-state index contributed by atoms with van der Waals surface area (Å²) in [6.45, 7) is -1.31. The zero-order chi connectivity index (χ0) is 17.7. The Morgan fingerprint density at radius 2 is 1.83 bits per heavy atom. The van der Waals surface area contributed by atoms with Gasteiger partial charge in [0.1, 0.15) is 5.75 Å². The van der Waals surface area contributed by atoms with Crippen molar-refractivity contribution in [3.63, 3.8) is 0 Å². The van der Waals surface area contributed by atoms with Crippen molar-refractivity contribution in [1.29, 1.82) is 0 Å². The van der Waals surface area contributed by atoms with Gasteiger partial charge in [0.05, 0.1) is 12.7 Å². The molecule has 1 N–H and O–H groups in total. The SMILES string of the molecule is COC(=O)c1cccc(NC(=O)c2cccc(OC(F)F)c2)c1C. The molecule has 0 radical (unpaired) electrons. The van der Waals surface area contributed by atoms with E-state index in [4.69, 9.17) is 0 Å². The monoisotopic (exact) mass is 335 g/mol. The quantitative estimate of drug-likeness (QED) is 0.848. The number of hydrogen-bond donors (Lipinski definition) is 1. The molecule has 0 heterocycles. The molecule has 126 valence electrons. The Bertz CT molecular complexity index is 762. The molecule has 0 unspecified atom stereocenters. The Balaban J connectivity index is 2.23. The van der Waals surface area contributed by atoms with Crippen LogP contribution in [0.4, 0.5) is 14.5 Å². The van der Waals surface area contributed by atoms with E-state index in [1.54, 1.807) is 25.1 Å². The maximum absolute atomic E-state index is 12.3. The van der Waals surface area contributed by atoms with E-state index in [1.807, 2.05) is 0 Å². The van der Waals surface area contributed by atoms with Crippen molar-refractivity contribution in [1.82, 2.24) is 0 Å². The molecule has 0 spiro atoms. The van der Waals surface area contributed by atoms with Gasteiger partial charge in [0, 0.05) is 11.3 Å². The molecule has 0 aliphatic heterocycles. The summed E-state index contributed by atoms with van der Waals surface area (Å²) in [5, 5.41) is 2.64. The van der Waals surface area contributed by atoms with Gasteiger partial charge in [-0.05, 0) is 42.8 Å². The molecule has 7 heteroatoms. The van der Waals surface area contributed by atoms with Gasteiger partial charge in [-0.25, -0.2) is 4.79 Å². The average molecular weight is 335 g/mol. The van der Waals surface area contributed by atoms with Crippen LogP contribution in [-0.2, 0) is 4.74 Å². The van der Waals surface area contributed by atoms with E-state index in [2.05, 4.69) is 14.8 Å². The van der Waals surface area contributed by atoms with Crippen LogP contribution in [0, 0.1) is 6.92 Å². The third kappa shape index (κ3) is 4.07. The third-order valence-electron chi connectivity index (χ3n) is 3.31. The second-order valence-electron chi connectivity index (χ2n) is 4.83. The van der Waals surface area contributed by atoms with E-state index in [0.29, 0.717) is 16.8 Å². The average Bonchev–Trinajstić information content (AvgIpc) is 2.55. The Kier molecular flexibility index (Phi) is 5.47. The predicted molar refractivity (Wildman–Crippen MR) is 83.5 cm³/mol. The third-order valence-corrected chi connectivity index (χ3v) is 3.31. The molecule has 0 saturated carbocycles. The topological polar surface area (TPSA) is 64.6 Å². The molecule has 5 nitrogen and oxygen atoms in total. The van der Waals surface area contributed by atoms with Gasteiger partial charge in [0.25, 0.3) is 5.91 Å². The van der Waals surface area contributed by atoms with Crippen LogP contribution in [0.1, 0.15) is 26.3 Å². The minimum absolute atomic E-state index is 0.113. The maximum atomic E-state index is 12.3. The van der Waals surface area contributed by atoms with Gasteiger partial charge in [-0.15, -0.1) is 0 Å². The summed E-state index contributed by atoms with van der Waals surface area (Å²) < 4.78 is 33.4. The van der Waals surface area contributed by atoms with E-state index in [9.17, 15) is 18.4 Å². The van der Waals surface area contributed by atoms with E-state index >= 15 is 0 Å². The molecular weight excluding hydrogens is 320 g/mol. The van der Waals surface area contributed by atoms with E-state index in [1.165, 1.54) is 31.4 Å². The summed E-state index contributed by atoms with van der Waals surface area (Å²) in [5.74, 6) is -1.14. The molecule has 2 aromatic carbocycles. The second-order valence-corrected chi connectivity index (χ2v) is 4.83. The molecule has 0 aliphatic carbocycles. The normalized spacial score (nSPS) is 10.4. The lowest BCUT2D eigenvalue weighted by molar-refractivity contribution is -0.0498. The highest BCUT2D eigenvalue weighted by molar-refractivity contribution is 6.05. The molecule has 0 saturated heterocycles. The van der Waals surface area contributed by atoms with Crippen molar-refractivity contribution in [3.05, 3.63) is 59.2 Å². The van der Waals surface area contributed by atoms with E-state index in [0.717, 1.165) is 0 Å². The number of anilines is 1. The first-order valence-electron chi connectivity index (χ1n) is 6.96. The number of alkyl halides is 2. The van der Waals surface area contributed by atoms with Gasteiger partial charge >= 0.3 is 12.6 Å². The van der Waals surface area contributed by atoms with Gasteiger partial charge in [0.15, 0.2) is 0 Å². The molecule has 1 amide bonds. The summed E-state index contributed by atoms with van der Waals surface area (Å²) in [7, 11) is 1.27. The molecule has 2 rings (SSSR count). The summed E-state index contributed by atoms with van der Waals surface area (Å²) in [6, 6.07) is 10.2. The summed E-state index contributed by atoms with van der Waals surface area (Å²) >= 11 is 0. The molecule has 0 aromatic heterocycles. The van der Waals surface area contributed by atoms with E-state index in [-0.39, 0.29) is 11.3 Å². The Morgan fingerprint density at radius 1 is 1.12 bits per heavy atom. The highest BCUT2D eigenvalue weighted by Crippen LogP contribution is 2.22. The Hall–Kier alpha value is -2.96. The lowest BCUT2D eigenvalue weighted by Crippen LogP contribution is -2.14. The number of nitrogens with one attached hydrogen (secondary N) is 1. The van der Waals surface area contributed by atoms with Gasteiger partial charge < -0.3 is 14.8 Å². The van der Waals surface area contributed by atoms with Crippen LogP contribution >= 0.6 is 0 Å². The van der Waals surface area contributed by atoms with Gasteiger partial charge in [-0.2, -0.15) is 8.78 Å². The number of carbonyl (C=O) groups excluding carboxylic acids is 2. The van der Waals surface area contributed by atoms with Crippen LogP contribution in [-0.4, -0.2) is 25.6 Å². The Morgan fingerprint density at radius 3 is 2.50 bits per heavy atom. The molecule has 0 fully saturated rings. The molecular formula is C17H15F2NO4. The maximum Gasteiger partial charge on any atom is 0.387 e. The smallest absolute Gasteiger partial charge is 0.387 e. The van der Waals surface area contributed by atoms with Crippen molar-refractivity contribution >= 4 is 17.6 Å². The number of halogens is 2. The zero-order valence-corrected chi connectivity index (χ0v) is 13.0. The van der Waals surface area contributed by atoms with Gasteiger partial charge in [-0.1, -0.05) is 12.1 Å². The predicted octanol–water partition coefficient (Wildman–Crippen LogP) is 3.64. The lowest BCUT2D eigenvalue weighted by atomic mass is 10.1. The number of carbonyl (C=O) groups is 2. The highest BCUT2D eigenvalue weighted by atomic mass is 19.3. The van der Waals surface area contributed by atoms with Crippen molar-refractivity contribution < 1.29 is 27.8 Å². The fourth-order valence-corrected chi connectivity index (χ4v) is 2.11. The first-order valence-corrected chi connectivity index (χ1v) is 6.96. The summed E-state index contributed by atoms with van der Waals surface area (Å²) in [5.41, 5.74) is 1.43. The molecule has 2 aromatic rings. The van der Waals surface area contributed by atoms with Crippen molar-refractivity contribution in [2.24, 2.45) is 0 Å². The molecule has 0 aliphatic rings. The standard InChI is InChI=1S/C17H15F2NO4/c1-10-13(16(22)23-2)7-4-8-14(10)20-15(21)11-5-3-6-12(9-11)24-17(18)19/h3-9,17H,1-2H3,(H,20,21). The number of hydrogen-bond acceptors (Lipinski definition) is 4. The highest BCUT2D eigenvalue weighted by Gasteiger charge is 2.15. The second kappa shape index (κ2) is 7.54. The minimum atomic E-state index is -2.97. The van der Waals surface area contributed by atoms with E-state index < -0.39 is 18.5 Å².